The normalized spacial score (nSPS) is 12.6. The summed E-state index contributed by atoms with van der Waals surface area (Å²) in [5.74, 6) is -14.0. The number of hydrogen-bond acceptors (Lipinski definition) is 6. The highest BCUT2D eigenvalue weighted by Crippen LogP contribution is 2.54. The molecule has 0 saturated heterocycles. The van der Waals surface area contributed by atoms with Gasteiger partial charge in [0.15, 0.2) is 6.10 Å². The Morgan fingerprint density at radius 3 is 1.63 bits per heavy atom. The number of alkyl halides is 9. The van der Waals surface area contributed by atoms with Gasteiger partial charge in [-0.3, -0.25) is 0 Å². The first-order valence-corrected chi connectivity index (χ1v) is 19.0. The molecule has 6 nitrogen and oxygen atoms in total. The van der Waals surface area contributed by atoms with Gasteiger partial charge in [-0.1, -0.05) is 76.6 Å². The summed E-state index contributed by atoms with van der Waals surface area (Å²) in [6, 6.07) is 19.1. The van der Waals surface area contributed by atoms with Gasteiger partial charge in [0.2, 0.25) is 0 Å². The Morgan fingerprint density at radius 2 is 1.11 bits per heavy atom. The Kier molecular flexibility index (Phi) is 18.0. The largest absolute Gasteiger partial charge is 0.494 e. The van der Waals surface area contributed by atoms with Crippen LogP contribution in [-0.2, 0) is 9.53 Å². The molecule has 312 valence electrons. The van der Waals surface area contributed by atoms with Crippen molar-refractivity contribution < 1.29 is 63.7 Å². The number of benzene rings is 3. The second-order valence-corrected chi connectivity index (χ2v) is 13.7. The van der Waals surface area contributed by atoms with Crippen molar-refractivity contribution in [3.63, 3.8) is 0 Å². The molecule has 0 heterocycles. The van der Waals surface area contributed by atoms with E-state index in [1.807, 2.05) is 24.3 Å². The summed E-state index contributed by atoms with van der Waals surface area (Å²) in [7, 11) is 0. The second kappa shape index (κ2) is 21.9. The van der Waals surface area contributed by atoms with Crippen LogP contribution in [-0.4, -0.2) is 54.4 Å². The number of esters is 2. The van der Waals surface area contributed by atoms with E-state index >= 15 is 0 Å². The van der Waals surface area contributed by atoms with Crippen LogP contribution in [0.3, 0.4) is 0 Å². The van der Waals surface area contributed by atoms with E-state index in [1.165, 1.54) is 87.8 Å². The fraction of sp³-hybridized carbons (Fsp3) is 0.476. The summed E-state index contributed by atoms with van der Waals surface area (Å²) >= 11 is 3.91. The van der Waals surface area contributed by atoms with Gasteiger partial charge >= 0.3 is 35.1 Å². The molecule has 3 rings (SSSR count). The molecule has 0 amide bonds. The number of ether oxygens (including phenoxy) is 4. The third kappa shape index (κ3) is 14.4. The standard InChI is InChI=1S/C42H45ClF8O6/c1-3-4-5-6-7-8-9-10-11-12-28-54-34-21-17-32(18-22-34)14-13-31-15-19-33(20-16-31)38(53)57-36-25-23-35(24-26-36)56-30(2)37(52)55-29-27-39(44,45)40(46,47)41(48,49)42(43,50)51/h15-26,30H,3-12,27-29H2,1-2H3/t30-/m0/s1. The van der Waals surface area contributed by atoms with E-state index in [9.17, 15) is 44.7 Å². The van der Waals surface area contributed by atoms with E-state index in [0.717, 1.165) is 31.1 Å². The number of hydrogen-bond donors (Lipinski definition) is 0. The molecule has 15 heteroatoms. The van der Waals surface area contributed by atoms with Crippen LogP contribution in [0.4, 0.5) is 35.1 Å². The maximum Gasteiger partial charge on any atom is 0.392 e. The zero-order valence-corrected chi connectivity index (χ0v) is 32.3. The van der Waals surface area contributed by atoms with Crippen molar-refractivity contribution in [3.8, 4) is 29.1 Å². The van der Waals surface area contributed by atoms with Crippen LogP contribution in [0.5, 0.6) is 17.2 Å². The van der Waals surface area contributed by atoms with Crippen LogP contribution in [0.25, 0.3) is 0 Å². The lowest BCUT2D eigenvalue weighted by atomic mass is 10.0. The molecule has 1 atom stereocenters. The molecular weight excluding hydrogens is 788 g/mol. The van der Waals surface area contributed by atoms with E-state index in [2.05, 4.69) is 35.1 Å². The van der Waals surface area contributed by atoms with Crippen LogP contribution in [0.2, 0.25) is 0 Å². The van der Waals surface area contributed by atoms with Crippen molar-refractivity contribution >= 4 is 23.5 Å². The minimum atomic E-state index is -6.61. The van der Waals surface area contributed by atoms with Crippen molar-refractivity contribution in [2.45, 2.75) is 114 Å². The predicted octanol–water partition coefficient (Wildman–Crippen LogP) is 12.0. The average Bonchev–Trinajstić information content (AvgIpc) is 3.16. The molecule has 0 radical (unpaired) electrons. The highest BCUT2D eigenvalue weighted by molar-refractivity contribution is 6.22. The molecule has 3 aromatic rings. The van der Waals surface area contributed by atoms with Gasteiger partial charge in [0.1, 0.15) is 17.2 Å². The van der Waals surface area contributed by atoms with Gasteiger partial charge in [-0.05, 0) is 97.7 Å². The van der Waals surface area contributed by atoms with Gasteiger partial charge in [0.25, 0.3) is 0 Å². The fourth-order valence-corrected chi connectivity index (χ4v) is 5.33. The van der Waals surface area contributed by atoms with Gasteiger partial charge in [-0.25, -0.2) is 9.59 Å². The minimum absolute atomic E-state index is 0.00883. The molecule has 0 spiro atoms. The first kappa shape index (κ1) is 46.9. The number of carbonyl (C=O) groups is 2. The first-order valence-electron chi connectivity index (χ1n) is 18.6. The maximum absolute atomic E-state index is 13.8. The van der Waals surface area contributed by atoms with Gasteiger partial charge in [-0.2, -0.15) is 35.1 Å². The predicted molar refractivity (Wildman–Crippen MR) is 199 cm³/mol. The zero-order chi connectivity index (χ0) is 42.1. The average molecular weight is 833 g/mol. The van der Waals surface area contributed by atoms with Gasteiger partial charge < -0.3 is 18.9 Å². The molecule has 0 bridgehead atoms. The summed E-state index contributed by atoms with van der Waals surface area (Å²) in [6.45, 7) is 2.47. The van der Waals surface area contributed by atoms with Crippen LogP contribution >= 0.6 is 11.6 Å². The van der Waals surface area contributed by atoms with Crippen molar-refractivity contribution in [2.75, 3.05) is 13.2 Å². The molecule has 0 aliphatic heterocycles. The molecule has 57 heavy (non-hydrogen) atoms. The Bertz CT molecular complexity index is 1750. The third-order valence-corrected chi connectivity index (χ3v) is 8.88. The molecule has 0 unspecified atom stereocenters. The SMILES string of the molecule is CCCCCCCCCCCCOc1ccc(C#Cc2ccc(C(=O)Oc3ccc(O[C@@H](C)C(=O)OCCC(F)(F)C(F)(F)C(F)(F)C(F)(F)Cl)cc3)cc2)cc1. The Hall–Kier alpha value is -4.51. The summed E-state index contributed by atoms with van der Waals surface area (Å²) in [4.78, 5) is 24.8. The molecule has 0 fully saturated rings. The van der Waals surface area contributed by atoms with E-state index in [4.69, 9.17) is 14.2 Å². The van der Waals surface area contributed by atoms with Gasteiger partial charge in [0, 0.05) is 11.1 Å². The van der Waals surface area contributed by atoms with Crippen LogP contribution in [0.15, 0.2) is 72.8 Å². The van der Waals surface area contributed by atoms with Crippen molar-refractivity contribution in [1.29, 1.82) is 0 Å². The second-order valence-electron chi connectivity index (χ2n) is 13.3. The fourth-order valence-electron chi connectivity index (χ4n) is 5.21. The minimum Gasteiger partial charge on any atom is -0.494 e. The van der Waals surface area contributed by atoms with Gasteiger partial charge in [-0.15, -0.1) is 0 Å². The number of carbonyl (C=O) groups excluding carboxylic acids is 2. The van der Waals surface area contributed by atoms with E-state index < -0.39 is 54.2 Å². The van der Waals surface area contributed by atoms with Crippen molar-refractivity contribution in [2.24, 2.45) is 0 Å². The van der Waals surface area contributed by atoms with E-state index in [0.29, 0.717) is 12.2 Å². The quantitative estimate of drug-likeness (QED) is 0.0237. The Balaban J connectivity index is 1.39. The topological polar surface area (TPSA) is 71.1 Å². The van der Waals surface area contributed by atoms with E-state index in [-0.39, 0.29) is 17.1 Å². The summed E-state index contributed by atoms with van der Waals surface area (Å²) in [6.07, 6.45) is 8.88. The molecule has 0 aliphatic carbocycles. The number of rotatable bonds is 23. The third-order valence-electron chi connectivity index (χ3n) is 8.64. The van der Waals surface area contributed by atoms with E-state index in [1.54, 1.807) is 12.1 Å². The molecule has 0 aromatic heterocycles. The lowest BCUT2D eigenvalue weighted by Crippen LogP contribution is -2.60. The summed E-state index contributed by atoms with van der Waals surface area (Å²) < 4.78 is 127. The monoisotopic (exact) mass is 832 g/mol. The van der Waals surface area contributed by atoms with Crippen LogP contribution < -0.4 is 14.2 Å². The summed E-state index contributed by atoms with van der Waals surface area (Å²) in [5, 5.41) is -5.98. The number of unbranched alkanes of at least 4 members (excludes halogenated alkanes) is 9. The highest BCUT2D eigenvalue weighted by atomic mass is 35.5. The molecule has 0 N–H and O–H groups in total. The zero-order valence-electron chi connectivity index (χ0n) is 31.5. The maximum atomic E-state index is 13.8. The highest BCUT2D eigenvalue weighted by Gasteiger charge is 2.80. The number of halogens is 9. The Labute approximate surface area is 332 Å². The molecule has 0 saturated carbocycles. The molecular formula is C42H45ClF8O6. The first-order chi connectivity index (χ1) is 26.9. The van der Waals surface area contributed by atoms with Crippen LogP contribution in [0.1, 0.15) is 106 Å². The lowest BCUT2D eigenvalue weighted by Gasteiger charge is -2.34. The Morgan fingerprint density at radius 1 is 0.632 bits per heavy atom. The van der Waals surface area contributed by atoms with Crippen molar-refractivity contribution in [1.82, 2.24) is 0 Å². The van der Waals surface area contributed by atoms with Crippen molar-refractivity contribution in [3.05, 3.63) is 89.5 Å². The van der Waals surface area contributed by atoms with Crippen LogP contribution in [0, 0.1) is 11.8 Å². The smallest absolute Gasteiger partial charge is 0.392 e. The molecule has 0 aliphatic rings. The summed E-state index contributed by atoms with van der Waals surface area (Å²) in [5.41, 5.74) is 1.68. The molecule has 3 aromatic carbocycles. The lowest BCUT2D eigenvalue weighted by molar-refractivity contribution is -0.349. The van der Waals surface area contributed by atoms with Gasteiger partial charge in [0.05, 0.1) is 25.2 Å².